The van der Waals surface area contributed by atoms with Crippen LogP contribution >= 0.6 is 23.2 Å². The molecule has 0 fully saturated rings. The van der Waals surface area contributed by atoms with Crippen molar-refractivity contribution in [3.8, 4) is 0 Å². The molecule has 0 unspecified atom stereocenters. The lowest BCUT2D eigenvalue weighted by atomic mass is 10.3. The van der Waals surface area contributed by atoms with Gasteiger partial charge in [0.1, 0.15) is 5.15 Å². The second kappa shape index (κ2) is 4.20. The number of aromatic nitrogens is 1. The number of pyridine rings is 1. The molecular weight excluding hydrogens is 215 g/mol. The second-order valence-corrected chi connectivity index (χ2v) is 2.91. The van der Waals surface area contributed by atoms with Crippen LogP contribution in [0.4, 0.5) is 0 Å². The van der Waals surface area contributed by atoms with Gasteiger partial charge >= 0.3 is 0 Å². The predicted octanol–water partition coefficient (Wildman–Crippen LogP) is 2.64. The Morgan fingerprint density at radius 2 is 2.23 bits per heavy atom. The van der Waals surface area contributed by atoms with Crippen molar-refractivity contribution in [2.24, 2.45) is 0 Å². The molecule has 1 aromatic heterocycles. The molecule has 0 bridgehead atoms. The van der Waals surface area contributed by atoms with Crippen LogP contribution in [0.1, 0.15) is 5.56 Å². The Kier molecular flexibility index (Phi) is 3.22. The van der Waals surface area contributed by atoms with E-state index in [0.29, 0.717) is 5.56 Å². The average Bonchev–Trinajstić information content (AvgIpc) is 2.07. The Hall–Kier alpha value is -1.13. The van der Waals surface area contributed by atoms with Crippen LogP contribution in [-0.4, -0.2) is 9.91 Å². The van der Waals surface area contributed by atoms with Crippen molar-refractivity contribution in [3.63, 3.8) is 0 Å². The van der Waals surface area contributed by atoms with Crippen molar-refractivity contribution in [3.05, 3.63) is 44.3 Å². The maximum Gasteiger partial charge on any atom is 0.235 e. The summed E-state index contributed by atoms with van der Waals surface area (Å²) >= 11 is 11.2. The van der Waals surface area contributed by atoms with E-state index in [2.05, 4.69) is 4.98 Å². The topological polar surface area (TPSA) is 56.0 Å². The van der Waals surface area contributed by atoms with Crippen LogP contribution in [0.2, 0.25) is 10.2 Å². The molecule has 0 spiro atoms. The van der Waals surface area contributed by atoms with Crippen molar-refractivity contribution in [1.82, 2.24) is 4.98 Å². The molecule has 1 rings (SSSR count). The Morgan fingerprint density at radius 3 is 2.77 bits per heavy atom. The summed E-state index contributed by atoms with van der Waals surface area (Å²) in [5.41, 5.74) is 0.533. The number of hydrogen-bond donors (Lipinski definition) is 0. The molecule has 0 aliphatic carbocycles. The van der Waals surface area contributed by atoms with Crippen LogP contribution in [0, 0.1) is 10.1 Å². The molecule has 0 amide bonds. The van der Waals surface area contributed by atoms with E-state index in [-0.39, 0.29) is 10.2 Å². The van der Waals surface area contributed by atoms with Crippen LogP contribution in [0.25, 0.3) is 6.08 Å². The summed E-state index contributed by atoms with van der Waals surface area (Å²) in [5, 5.41) is 10.4. The monoisotopic (exact) mass is 218 g/mol. The Labute approximate surface area is 84.0 Å². The number of halogens is 2. The first kappa shape index (κ1) is 9.95. The minimum absolute atomic E-state index is 0.180. The van der Waals surface area contributed by atoms with Crippen molar-refractivity contribution >= 4 is 29.3 Å². The van der Waals surface area contributed by atoms with Gasteiger partial charge in [-0.1, -0.05) is 23.2 Å². The molecule has 0 saturated heterocycles. The molecule has 1 heterocycles. The maximum absolute atomic E-state index is 9.96. The highest BCUT2D eigenvalue weighted by atomic mass is 35.5. The third-order valence-electron chi connectivity index (χ3n) is 1.21. The zero-order valence-corrected chi connectivity index (χ0v) is 7.79. The van der Waals surface area contributed by atoms with Gasteiger partial charge in [-0.05, 0) is 6.07 Å². The van der Waals surface area contributed by atoms with Gasteiger partial charge in [-0.25, -0.2) is 4.98 Å². The Balaban J connectivity index is 2.92. The van der Waals surface area contributed by atoms with Gasteiger partial charge in [0.25, 0.3) is 0 Å². The van der Waals surface area contributed by atoms with Gasteiger partial charge in [-0.2, -0.15) is 0 Å². The molecule has 0 radical (unpaired) electrons. The normalized spacial score (nSPS) is 10.6. The molecule has 0 aromatic carbocycles. The van der Waals surface area contributed by atoms with Gasteiger partial charge in [0.15, 0.2) is 0 Å². The lowest BCUT2D eigenvalue weighted by Gasteiger charge is -1.94. The molecule has 4 nitrogen and oxygen atoms in total. The molecule has 6 heteroatoms. The number of rotatable bonds is 2. The first-order chi connectivity index (χ1) is 6.09. The number of nitrogens with zero attached hydrogens (tertiary/aromatic N) is 2. The van der Waals surface area contributed by atoms with Crippen molar-refractivity contribution in [1.29, 1.82) is 0 Å². The number of nitro groups is 1. The molecule has 13 heavy (non-hydrogen) atoms. The van der Waals surface area contributed by atoms with Crippen LogP contribution in [0.15, 0.2) is 18.5 Å². The number of hydrogen-bond acceptors (Lipinski definition) is 3. The smallest absolute Gasteiger partial charge is 0.235 e. The maximum atomic E-state index is 9.96. The van der Waals surface area contributed by atoms with Gasteiger partial charge in [-0.15, -0.1) is 0 Å². The largest absolute Gasteiger partial charge is 0.259 e. The minimum Gasteiger partial charge on any atom is -0.259 e. The van der Waals surface area contributed by atoms with Gasteiger partial charge in [0.05, 0.1) is 9.95 Å². The summed E-state index contributed by atoms with van der Waals surface area (Å²) in [5.74, 6) is 0. The standard InChI is InChI=1S/C7H4Cl2N2O2/c8-6-3-5(1-2-11(12)13)4-10-7(6)9/h1-4H/b2-1+. The van der Waals surface area contributed by atoms with Gasteiger partial charge in [-0.3, -0.25) is 10.1 Å². The van der Waals surface area contributed by atoms with Gasteiger partial charge in [0, 0.05) is 17.8 Å². The zero-order chi connectivity index (χ0) is 9.84. The predicted molar refractivity (Wildman–Crippen MR) is 50.3 cm³/mol. The molecule has 0 N–H and O–H groups in total. The van der Waals surface area contributed by atoms with E-state index < -0.39 is 4.92 Å². The van der Waals surface area contributed by atoms with Crippen molar-refractivity contribution in [2.45, 2.75) is 0 Å². The molecule has 0 aliphatic rings. The molecule has 0 atom stereocenters. The Morgan fingerprint density at radius 1 is 1.54 bits per heavy atom. The van der Waals surface area contributed by atoms with E-state index in [1.54, 1.807) is 0 Å². The highest BCUT2D eigenvalue weighted by Crippen LogP contribution is 2.20. The third-order valence-corrected chi connectivity index (χ3v) is 1.89. The van der Waals surface area contributed by atoms with Crippen molar-refractivity contribution < 1.29 is 4.92 Å². The highest BCUT2D eigenvalue weighted by molar-refractivity contribution is 6.41. The summed E-state index contributed by atoms with van der Waals surface area (Å²) in [7, 11) is 0. The SMILES string of the molecule is O=[N+]([O-])/C=C/c1cnc(Cl)c(Cl)c1. The lowest BCUT2D eigenvalue weighted by molar-refractivity contribution is -0.400. The molecule has 68 valence electrons. The van der Waals surface area contributed by atoms with Crippen LogP contribution < -0.4 is 0 Å². The van der Waals surface area contributed by atoms with E-state index in [9.17, 15) is 10.1 Å². The van der Waals surface area contributed by atoms with Gasteiger partial charge < -0.3 is 0 Å². The minimum atomic E-state index is -0.567. The quantitative estimate of drug-likeness (QED) is 0.436. The van der Waals surface area contributed by atoms with Crippen LogP contribution in [0.3, 0.4) is 0 Å². The fraction of sp³-hybridized carbons (Fsp3) is 0. The third kappa shape index (κ3) is 3.01. The lowest BCUT2D eigenvalue weighted by Crippen LogP contribution is -1.84. The molecule has 0 saturated carbocycles. The Bertz CT molecular complexity index is 366. The first-order valence-electron chi connectivity index (χ1n) is 3.22. The summed E-state index contributed by atoms with van der Waals surface area (Å²) in [6.45, 7) is 0. The summed E-state index contributed by atoms with van der Waals surface area (Å²) < 4.78 is 0. The highest BCUT2D eigenvalue weighted by Gasteiger charge is 1.98. The van der Waals surface area contributed by atoms with E-state index in [1.165, 1.54) is 18.3 Å². The summed E-state index contributed by atoms with van der Waals surface area (Å²) in [4.78, 5) is 13.1. The van der Waals surface area contributed by atoms with Crippen LogP contribution in [0.5, 0.6) is 0 Å². The molecule has 0 aliphatic heterocycles. The summed E-state index contributed by atoms with van der Waals surface area (Å²) in [6, 6.07) is 1.50. The van der Waals surface area contributed by atoms with E-state index in [4.69, 9.17) is 23.2 Å². The van der Waals surface area contributed by atoms with Crippen LogP contribution in [-0.2, 0) is 0 Å². The second-order valence-electron chi connectivity index (χ2n) is 2.14. The zero-order valence-electron chi connectivity index (χ0n) is 6.28. The van der Waals surface area contributed by atoms with Gasteiger partial charge in [0.2, 0.25) is 6.20 Å². The fourth-order valence-corrected chi connectivity index (χ4v) is 0.952. The van der Waals surface area contributed by atoms with E-state index in [1.807, 2.05) is 0 Å². The molecular formula is C7H4Cl2N2O2. The van der Waals surface area contributed by atoms with Crippen molar-refractivity contribution in [2.75, 3.05) is 0 Å². The summed E-state index contributed by atoms with van der Waals surface area (Å²) in [6.07, 6.45) is 3.49. The first-order valence-corrected chi connectivity index (χ1v) is 3.98. The molecule has 1 aromatic rings. The van der Waals surface area contributed by atoms with E-state index in [0.717, 1.165) is 6.20 Å². The average molecular weight is 219 g/mol. The fourth-order valence-electron chi connectivity index (χ4n) is 0.674. The van der Waals surface area contributed by atoms with E-state index >= 15 is 0 Å².